The Morgan fingerprint density at radius 2 is 2.05 bits per heavy atom. The summed E-state index contributed by atoms with van der Waals surface area (Å²) in [6, 6.07) is 8.10. The van der Waals surface area contributed by atoms with E-state index in [0.717, 1.165) is 5.69 Å². The molecule has 20 heavy (non-hydrogen) atoms. The van der Waals surface area contributed by atoms with Crippen molar-refractivity contribution in [2.45, 2.75) is 13.3 Å². The Morgan fingerprint density at radius 1 is 1.30 bits per heavy atom. The van der Waals surface area contributed by atoms with Gasteiger partial charge in [0.1, 0.15) is 5.82 Å². The molecule has 0 unspecified atom stereocenters. The molecule has 0 bridgehead atoms. The lowest BCUT2D eigenvalue weighted by Gasteiger charge is -2.09. The molecule has 0 fully saturated rings. The molecule has 1 aromatic carbocycles. The van der Waals surface area contributed by atoms with Crippen molar-refractivity contribution in [1.29, 1.82) is 0 Å². The van der Waals surface area contributed by atoms with Gasteiger partial charge in [-0.3, -0.25) is 4.79 Å². The average molecular weight is 310 g/mol. The van der Waals surface area contributed by atoms with Gasteiger partial charge in [-0.05, 0) is 36.8 Å². The molecular weight excluding hydrogens is 297 g/mol. The molecule has 1 aromatic heterocycles. The molecule has 104 valence electrons. The Morgan fingerprint density at radius 3 is 2.70 bits per heavy atom. The van der Waals surface area contributed by atoms with Crippen LogP contribution in [0.2, 0.25) is 10.0 Å². The van der Waals surface area contributed by atoms with Crippen LogP contribution < -0.4 is 11.1 Å². The summed E-state index contributed by atoms with van der Waals surface area (Å²) < 4.78 is 0. The number of benzene rings is 1. The number of anilines is 2. The highest BCUT2D eigenvalue weighted by atomic mass is 35.5. The van der Waals surface area contributed by atoms with Gasteiger partial charge in [0.2, 0.25) is 0 Å². The van der Waals surface area contributed by atoms with E-state index < -0.39 is 0 Å². The number of nitrogens with two attached hydrogens (primary N) is 1. The van der Waals surface area contributed by atoms with Crippen molar-refractivity contribution >= 4 is 40.6 Å². The zero-order valence-corrected chi connectivity index (χ0v) is 12.3. The maximum atomic E-state index is 12.2. The number of pyridine rings is 1. The molecule has 0 aliphatic carbocycles. The van der Waals surface area contributed by atoms with Crippen molar-refractivity contribution in [2.24, 2.45) is 0 Å². The molecule has 0 saturated heterocycles. The molecule has 6 heteroatoms. The lowest BCUT2D eigenvalue weighted by atomic mass is 10.1. The van der Waals surface area contributed by atoms with Crippen LogP contribution in [-0.4, -0.2) is 10.9 Å². The third-order valence-corrected chi connectivity index (χ3v) is 3.25. The van der Waals surface area contributed by atoms with Gasteiger partial charge in [-0.1, -0.05) is 30.1 Å². The normalized spacial score (nSPS) is 10.3. The first-order valence-electron chi connectivity index (χ1n) is 6.02. The Balaban J connectivity index is 2.26. The second-order valence-electron chi connectivity index (χ2n) is 4.20. The maximum Gasteiger partial charge on any atom is 0.255 e. The van der Waals surface area contributed by atoms with Crippen LogP contribution in [0.15, 0.2) is 30.3 Å². The molecule has 0 atom stereocenters. The Bertz CT molecular complexity index is 659. The number of hydrogen-bond donors (Lipinski definition) is 2. The molecule has 0 radical (unpaired) electrons. The van der Waals surface area contributed by atoms with Crippen LogP contribution in [-0.2, 0) is 6.42 Å². The summed E-state index contributed by atoms with van der Waals surface area (Å²) in [7, 11) is 0. The predicted octanol–water partition coefficient (Wildman–Crippen LogP) is 3.79. The summed E-state index contributed by atoms with van der Waals surface area (Å²) in [5.74, 6) is 0.0229. The molecule has 2 aromatic rings. The zero-order valence-electron chi connectivity index (χ0n) is 10.8. The Hall–Kier alpha value is -1.78. The maximum absolute atomic E-state index is 12.2. The highest BCUT2D eigenvalue weighted by Gasteiger charge is 2.11. The number of carbonyl (C=O) groups is 1. The van der Waals surface area contributed by atoms with Gasteiger partial charge in [0, 0.05) is 16.3 Å². The third kappa shape index (κ3) is 3.40. The summed E-state index contributed by atoms with van der Waals surface area (Å²) >= 11 is 11.8. The lowest BCUT2D eigenvalue weighted by molar-refractivity contribution is 0.102. The second-order valence-corrected chi connectivity index (χ2v) is 5.05. The number of halogens is 2. The molecule has 0 spiro atoms. The molecule has 3 N–H and O–H groups in total. The van der Waals surface area contributed by atoms with Gasteiger partial charge in [-0.25, -0.2) is 4.98 Å². The first-order valence-corrected chi connectivity index (χ1v) is 6.78. The van der Waals surface area contributed by atoms with E-state index in [2.05, 4.69) is 10.3 Å². The van der Waals surface area contributed by atoms with E-state index in [1.54, 1.807) is 24.3 Å². The van der Waals surface area contributed by atoms with Crippen LogP contribution in [0, 0.1) is 0 Å². The monoisotopic (exact) mass is 309 g/mol. The number of aryl methyl sites for hydroxylation is 1. The van der Waals surface area contributed by atoms with E-state index in [-0.39, 0.29) is 5.91 Å². The van der Waals surface area contributed by atoms with E-state index in [9.17, 15) is 4.79 Å². The van der Waals surface area contributed by atoms with Gasteiger partial charge >= 0.3 is 0 Å². The van der Waals surface area contributed by atoms with Gasteiger partial charge in [0.15, 0.2) is 0 Å². The van der Waals surface area contributed by atoms with Gasteiger partial charge in [0.25, 0.3) is 5.91 Å². The molecule has 0 aliphatic heterocycles. The molecule has 0 aliphatic rings. The minimum Gasteiger partial charge on any atom is -0.384 e. The molecular formula is C14H13Cl2N3O. The second kappa shape index (κ2) is 6.11. The number of rotatable bonds is 3. The minimum atomic E-state index is -0.293. The Kier molecular flexibility index (Phi) is 4.47. The number of aromatic nitrogens is 1. The molecule has 1 amide bonds. The summed E-state index contributed by atoms with van der Waals surface area (Å²) in [6.07, 6.45) is 0.701. The molecule has 1 heterocycles. The van der Waals surface area contributed by atoms with Gasteiger partial charge in [-0.15, -0.1) is 0 Å². The van der Waals surface area contributed by atoms with Crippen molar-refractivity contribution in [3.63, 3.8) is 0 Å². The smallest absolute Gasteiger partial charge is 0.255 e. The fourth-order valence-electron chi connectivity index (χ4n) is 1.71. The van der Waals surface area contributed by atoms with Crippen LogP contribution in [0.25, 0.3) is 0 Å². The Labute approximate surface area is 126 Å². The number of nitrogens with zero attached hydrogens (tertiary/aromatic N) is 1. The molecule has 2 rings (SSSR count). The van der Waals surface area contributed by atoms with Crippen LogP contribution in [0.1, 0.15) is 23.0 Å². The number of nitrogens with one attached hydrogen (secondary N) is 1. The van der Waals surface area contributed by atoms with Crippen molar-refractivity contribution in [3.8, 4) is 0 Å². The SMILES string of the molecule is CCc1cc(C(=O)Nc2ccc(Cl)cc2Cl)cc(N)n1. The predicted molar refractivity (Wildman–Crippen MR) is 82.4 cm³/mol. The fraction of sp³-hybridized carbons (Fsp3) is 0.143. The van der Waals surface area contributed by atoms with Crippen molar-refractivity contribution < 1.29 is 4.79 Å². The van der Waals surface area contributed by atoms with Crippen LogP contribution >= 0.6 is 23.2 Å². The van der Waals surface area contributed by atoms with E-state index in [1.807, 2.05) is 6.92 Å². The van der Waals surface area contributed by atoms with Gasteiger partial charge < -0.3 is 11.1 Å². The third-order valence-electron chi connectivity index (χ3n) is 2.70. The summed E-state index contributed by atoms with van der Waals surface area (Å²) in [6.45, 7) is 1.94. The molecule has 4 nitrogen and oxygen atoms in total. The highest BCUT2D eigenvalue weighted by molar-refractivity contribution is 6.36. The van der Waals surface area contributed by atoms with Crippen LogP contribution in [0.3, 0.4) is 0 Å². The average Bonchev–Trinajstić information content (AvgIpc) is 2.41. The number of nitrogen functional groups attached to an aromatic ring is 1. The van der Waals surface area contributed by atoms with Crippen LogP contribution in [0.5, 0.6) is 0 Å². The summed E-state index contributed by atoms with van der Waals surface area (Å²) in [4.78, 5) is 16.3. The fourth-order valence-corrected chi connectivity index (χ4v) is 2.16. The van der Waals surface area contributed by atoms with E-state index in [4.69, 9.17) is 28.9 Å². The van der Waals surface area contributed by atoms with E-state index >= 15 is 0 Å². The van der Waals surface area contributed by atoms with Crippen molar-refractivity contribution in [3.05, 3.63) is 51.6 Å². The zero-order chi connectivity index (χ0) is 14.7. The van der Waals surface area contributed by atoms with E-state index in [1.165, 1.54) is 6.07 Å². The lowest BCUT2D eigenvalue weighted by Crippen LogP contribution is -2.13. The number of amides is 1. The van der Waals surface area contributed by atoms with E-state index in [0.29, 0.717) is 33.5 Å². The minimum absolute atomic E-state index is 0.293. The van der Waals surface area contributed by atoms with Gasteiger partial charge in [0.05, 0.1) is 10.7 Å². The summed E-state index contributed by atoms with van der Waals surface area (Å²) in [5.41, 5.74) is 7.38. The number of hydrogen-bond acceptors (Lipinski definition) is 3. The first kappa shape index (κ1) is 14.6. The quantitative estimate of drug-likeness (QED) is 0.906. The van der Waals surface area contributed by atoms with Crippen molar-refractivity contribution in [2.75, 3.05) is 11.1 Å². The largest absolute Gasteiger partial charge is 0.384 e. The first-order chi connectivity index (χ1) is 9.49. The summed E-state index contributed by atoms with van der Waals surface area (Å²) in [5, 5.41) is 3.61. The van der Waals surface area contributed by atoms with Crippen LogP contribution in [0.4, 0.5) is 11.5 Å². The highest BCUT2D eigenvalue weighted by Crippen LogP contribution is 2.26. The topological polar surface area (TPSA) is 68.0 Å². The standard InChI is InChI=1S/C14H13Cl2N3O/c1-2-10-5-8(6-13(17)18-10)14(20)19-12-4-3-9(15)7-11(12)16/h3-7H,2H2,1H3,(H2,17,18)(H,19,20). The number of carbonyl (C=O) groups excluding carboxylic acids is 1. The van der Waals surface area contributed by atoms with Gasteiger partial charge in [-0.2, -0.15) is 0 Å². The van der Waals surface area contributed by atoms with Crippen molar-refractivity contribution in [1.82, 2.24) is 4.98 Å². The molecule has 0 saturated carbocycles.